The number of carbonyl (C=O) groups excluding carboxylic acids is 1. The molecule has 2 atom stereocenters. The second-order valence-corrected chi connectivity index (χ2v) is 8.47. The fourth-order valence-electron chi connectivity index (χ4n) is 5.11. The standard InChI is InChI=1S/C24H27NO5/c1-15-11-24(13-22(26)27,12-16(2)30-15)25-23(28)29-14-21-19-9-5-3-7-17(19)18-8-4-6-10-20(18)21/h3-10,15-16,21H,11-14H2,1-2H3,(H,25,28)(H,26,27). The van der Waals surface area contributed by atoms with Gasteiger partial charge in [0.2, 0.25) is 0 Å². The Labute approximate surface area is 176 Å². The highest BCUT2D eigenvalue weighted by Crippen LogP contribution is 2.44. The molecule has 30 heavy (non-hydrogen) atoms. The van der Waals surface area contributed by atoms with Crippen LogP contribution in [0.3, 0.4) is 0 Å². The van der Waals surface area contributed by atoms with Crippen LogP contribution < -0.4 is 5.32 Å². The van der Waals surface area contributed by atoms with Crippen molar-refractivity contribution < 1.29 is 24.2 Å². The van der Waals surface area contributed by atoms with E-state index in [2.05, 4.69) is 29.6 Å². The molecule has 1 fully saturated rings. The lowest BCUT2D eigenvalue weighted by molar-refractivity contribution is -0.141. The van der Waals surface area contributed by atoms with Gasteiger partial charge in [0.15, 0.2) is 0 Å². The molecule has 1 saturated heterocycles. The molecule has 1 aliphatic heterocycles. The van der Waals surface area contributed by atoms with E-state index >= 15 is 0 Å². The maximum Gasteiger partial charge on any atom is 0.407 e. The monoisotopic (exact) mass is 409 g/mol. The zero-order valence-electron chi connectivity index (χ0n) is 17.3. The Morgan fingerprint density at radius 3 is 2.10 bits per heavy atom. The number of hydrogen-bond donors (Lipinski definition) is 2. The quantitative estimate of drug-likeness (QED) is 0.768. The molecule has 0 saturated carbocycles. The lowest BCUT2D eigenvalue weighted by Gasteiger charge is -2.42. The molecule has 158 valence electrons. The fraction of sp³-hybridized carbons (Fsp3) is 0.417. The molecule has 0 radical (unpaired) electrons. The molecular formula is C24H27NO5. The number of rotatable bonds is 5. The third-order valence-electron chi connectivity index (χ3n) is 6.02. The molecule has 1 aliphatic carbocycles. The van der Waals surface area contributed by atoms with Crippen molar-refractivity contribution in [3.8, 4) is 11.1 Å². The van der Waals surface area contributed by atoms with Crippen LogP contribution in [0.1, 0.15) is 50.2 Å². The van der Waals surface area contributed by atoms with Crippen LogP contribution in [0, 0.1) is 0 Å². The van der Waals surface area contributed by atoms with Crippen molar-refractivity contribution in [3.05, 3.63) is 59.7 Å². The van der Waals surface area contributed by atoms with Crippen molar-refractivity contribution in [2.24, 2.45) is 0 Å². The van der Waals surface area contributed by atoms with Crippen molar-refractivity contribution in [2.75, 3.05) is 6.61 Å². The number of fused-ring (bicyclic) bond motifs is 3. The van der Waals surface area contributed by atoms with E-state index in [0.29, 0.717) is 12.8 Å². The Kier molecular flexibility index (Phi) is 5.52. The van der Waals surface area contributed by atoms with Crippen LogP contribution in [0.15, 0.2) is 48.5 Å². The molecule has 1 heterocycles. The predicted octanol–water partition coefficient (Wildman–Crippen LogP) is 4.33. The minimum Gasteiger partial charge on any atom is -0.481 e. The smallest absolute Gasteiger partial charge is 0.407 e. The molecule has 0 spiro atoms. The molecule has 6 nitrogen and oxygen atoms in total. The summed E-state index contributed by atoms with van der Waals surface area (Å²) >= 11 is 0. The summed E-state index contributed by atoms with van der Waals surface area (Å²) in [5.74, 6) is -0.985. The van der Waals surface area contributed by atoms with E-state index in [1.807, 2.05) is 38.1 Å². The second-order valence-electron chi connectivity index (χ2n) is 8.47. The first-order valence-corrected chi connectivity index (χ1v) is 10.4. The summed E-state index contributed by atoms with van der Waals surface area (Å²) in [4.78, 5) is 24.2. The SMILES string of the molecule is CC1CC(CC(=O)O)(NC(=O)OCC2c3ccccc3-c3ccccc32)CC(C)O1. The molecule has 2 aromatic rings. The van der Waals surface area contributed by atoms with Crippen molar-refractivity contribution in [2.45, 2.75) is 56.8 Å². The number of carboxylic acid groups (broad SMARTS) is 1. The molecule has 1 amide bonds. The van der Waals surface area contributed by atoms with Crippen molar-refractivity contribution in [1.82, 2.24) is 5.32 Å². The van der Waals surface area contributed by atoms with Gasteiger partial charge in [-0.15, -0.1) is 0 Å². The number of hydrogen-bond acceptors (Lipinski definition) is 4. The van der Waals surface area contributed by atoms with E-state index in [1.165, 1.54) is 0 Å². The molecule has 0 aromatic heterocycles. The number of ether oxygens (including phenoxy) is 2. The third-order valence-corrected chi connectivity index (χ3v) is 6.02. The molecule has 2 aliphatic rings. The Morgan fingerprint density at radius 2 is 1.57 bits per heavy atom. The van der Waals surface area contributed by atoms with Gasteiger partial charge in [0, 0.05) is 5.92 Å². The van der Waals surface area contributed by atoms with Gasteiger partial charge in [-0.3, -0.25) is 4.79 Å². The van der Waals surface area contributed by atoms with Gasteiger partial charge in [0.05, 0.1) is 24.2 Å². The minimum absolute atomic E-state index is 0.0360. The number of amides is 1. The van der Waals surface area contributed by atoms with Crippen LogP contribution in [-0.2, 0) is 14.3 Å². The van der Waals surface area contributed by atoms with Crippen molar-refractivity contribution in [3.63, 3.8) is 0 Å². The van der Waals surface area contributed by atoms with Gasteiger partial charge in [-0.05, 0) is 48.9 Å². The zero-order valence-corrected chi connectivity index (χ0v) is 17.3. The lowest BCUT2D eigenvalue weighted by Crippen LogP contribution is -2.56. The Hall–Kier alpha value is -2.86. The predicted molar refractivity (Wildman–Crippen MR) is 112 cm³/mol. The highest BCUT2D eigenvalue weighted by Gasteiger charge is 2.42. The number of carboxylic acids is 1. The van der Waals surface area contributed by atoms with Gasteiger partial charge in [0.25, 0.3) is 0 Å². The largest absolute Gasteiger partial charge is 0.481 e. The summed E-state index contributed by atoms with van der Waals surface area (Å²) in [6.45, 7) is 3.99. The molecular weight excluding hydrogens is 382 g/mol. The van der Waals surface area contributed by atoms with Crippen LogP contribution in [0.2, 0.25) is 0 Å². The highest BCUT2D eigenvalue weighted by atomic mass is 16.5. The van der Waals surface area contributed by atoms with E-state index in [4.69, 9.17) is 9.47 Å². The number of nitrogens with one attached hydrogen (secondary N) is 1. The fourth-order valence-corrected chi connectivity index (χ4v) is 5.11. The second kappa shape index (κ2) is 8.11. The first kappa shape index (κ1) is 20.4. The first-order chi connectivity index (χ1) is 14.4. The van der Waals surface area contributed by atoms with E-state index < -0.39 is 17.6 Å². The highest BCUT2D eigenvalue weighted by molar-refractivity contribution is 5.79. The normalized spacial score (nSPS) is 25.3. The van der Waals surface area contributed by atoms with Crippen LogP contribution in [-0.4, -0.2) is 41.5 Å². The summed E-state index contributed by atoms with van der Waals surface area (Å²) in [5, 5.41) is 12.3. The van der Waals surface area contributed by atoms with Gasteiger partial charge < -0.3 is 19.9 Å². The summed E-state index contributed by atoms with van der Waals surface area (Å²) in [6, 6.07) is 16.3. The van der Waals surface area contributed by atoms with E-state index in [-0.39, 0.29) is 31.2 Å². The van der Waals surface area contributed by atoms with Gasteiger partial charge in [-0.1, -0.05) is 48.5 Å². The topological polar surface area (TPSA) is 84.9 Å². The summed E-state index contributed by atoms with van der Waals surface area (Å²) in [6.07, 6.45) is -0.139. The van der Waals surface area contributed by atoms with Gasteiger partial charge >= 0.3 is 12.1 Å². The zero-order chi connectivity index (χ0) is 21.3. The summed E-state index contributed by atoms with van der Waals surface area (Å²) in [5.41, 5.74) is 3.74. The third kappa shape index (κ3) is 4.05. The van der Waals surface area contributed by atoms with Crippen LogP contribution in [0.4, 0.5) is 4.79 Å². The average molecular weight is 409 g/mol. The Bertz CT molecular complexity index is 901. The Morgan fingerprint density at radius 1 is 1.03 bits per heavy atom. The summed E-state index contributed by atoms with van der Waals surface area (Å²) < 4.78 is 11.4. The number of aliphatic carboxylic acids is 1. The molecule has 0 bridgehead atoms. The van der Waals surface area contributed by atoms with E-state index in [9.17, 15) is 14.7 Å². The van der Waals surface area contributed by atoms with Crippen LogP contribution in [0.5, 0.6) is 0 Å². The van der Waals surface area contributed by atoms with Gasteiger partial charge in [0.1, 0.15) is 6.61 Å². The average Bonchev–Trinajstić information content (AvgIpc) is 2.98. The Balaban J connectivity index is 1.48. The van der Waals surface area contributed by atoms with Crippen molar-refractivity contribution in [1.29, 1.82) is 0 Å². The van der Waals surface area contributed by atoms with Crippen molar-refractivity contribution >= 4 is 12.1 Å². The van der Waals surface area contributed by atoms with Crippen LogP contribution in [0.25, 0.3) is 11.1 Å². The molecule has 2 N–H and O–H groups in total. The molecule has 2 unspecified atom stereocenters. The maximum absolute atomic E-state index is 12.7. The molecule has 4 rings (SSSR count). The number of carbonyl (C=O) groups is 2. The summed E-state index contributed by atoms with van der Waals surface area (Å²) in [7, 11) is 0. The first-order valence-electron chi connectivity index (χ1n) is 10.4. The van der Waals surface area contributed by atoms with Gasteiger partial charge in [-0.25, -0.2) is 4.79 Å². The number of benzene rings is 2. The number of alkyl carbamates (subject to hydrolysis) is 1. The molecule has 2 aromatic carbocycles. The molecule has 6 heteroatoms. The van der Waals surface area contributed by atoms with E-state index in [0.717, 1.165) is 22.3 Å². The minimum atomic E-state index is -0.949. The lowest BCUT2D eigenvalue weighted by atomic mass is 9.81. The van der Waals surface area contributed by atoms with Crippen LogP contribution >= 0.6 is 0 Å². The van der Waals surface area contributed by atoms with E-state index in [1.54, 1.807) is 0 Å². The van der Waals surface area contributed by atoms with Gasteiger partial charge in [-0.2, -0.15) is 0 Å². The maximum atomic E-state index is 12.7.